The number of phenols is 2. The van der Waals surface area contributed by atoms with Gasteiger partial charge in [-0.3, -0.25) is 38.4 Å². The molecule has 16 N–H and O–H groups in total. The SMILES string of the molecule is C[C@@H](O)[C@H](NC(=O)[C@H](Cc1ccc(O)cc1)NC(=O)[C@H](CC(=O)O)NC(=O)[C@@H](NC(=O)[C@H](Cc1ccccc1)NC(=O)[C@H](CO)NC(=O)[C@H](Cc1ccc(O)cc1)NC(=O)CN)[C@@H](C)O)C(=O)O. The number of rotatable bonds is 26. The van der Waals surface area contributed by atoms with Gasteiger partial charge in [-0.1, -0.05) is 54.6 Å². The topological polar surface area (TPSA) is 405 Å². The molecule has 0 unspecified atom stereocenters. The van der Waals surface area contributed by atoms with Gasteiger partial charge in [-0.15, -0.1) is 0 Å². The first-order chi connectivity index (χ1) is 32.1. The number of aliphatic hydroxyl groups is 3. The quantitative estimate of drug-likeness (QED) is 0.0363. The molecule has 9 atom stereocenters. The second-order valence-electron chi connectivity index (χ2n) is 15.6. The van der Waals surface area contributed by atoms with Gasteiger partial charge in [0.25, 0.3) is 0 Å². The fourth-order valence-corrected chi connectivity index (χ4v) is 6.42. The zero-order valence-electron chi connectivity index (χ0n) is 36.8. The molecule has 0 saturated carbocycles. The number of aromatic hydroxyl groups is 2. The Labute approximate surface area is 388 Å². The summed E-state index contributed by atoms with van der Waals surface area (Å²) in [6.07, 6.45) is -5.28. The number of carboxylic acid groups (broad SMARTS) is 2. The normalized spacial score (nSPS) is 14.9. The predicted molar refractivity (Wildman–Crippen MR) is 237 cm³/mol. The van der Waals surface area contributed by atoms with Crippen LogP contribution in [0.4, 0.5) is 0 Å². The molecule has 0 aliphatic rings. The van der Waals surface area contributed by atoms with Crippen LogP contribution in [0.15, 0.2) is 78.9 Å². The van der Waals surface area contributed by atoms with Crippen LogP contribution in [0.25, 0.3) is 0 Å². The minimum atomic E-state index is -2.01. The van der Waals surface area contributed by atoms with Gasteiger partial charge in [0, 0.05) is 19.3 Å². The lowest BCUT2D eigenvalue weighted by atomic mass is 10.0. The maximum Gasteiger partial charge on any atom is 0.328 e. The number of aliphatic hydroxyl groups excluding tert-OH is 3. The van der Waals surface area contributed by atoms with Crippen LogP contribution in [-0.4, -0.2) is 157 Å². The molecule has 3 aromatic rings. The summed E-state index contributed by atoms with van der Waals surface area (Å²) in [6, 6.07) is 6.78. The maximum absolute atomic E-state index is 14.0. The van der Waals surface area contributed by atoms with Crippen molar-refractivity contribution in [1.29, 1.82) is 0 Å². The third-order valence-electron chi connectivity index (χ3n) is 10.1. The molecule has 0 aliphatic heterocycles. The number of hydrogen-bond donors (Lipinski definition) is 15. The van der Waals surface area contributed by atoms with Crippen molar-refractivity contribution < 1.29 is 78.9 Å². The average molecular weight is 953 g/mol. The molecular weight excluding hydrogens is 897 g/mol. The zero-order valence-corrected chi connectivity index (χ0v) is 36.8. The van der Waals surface area contributed by atoms with Gasteiger partial charge >= 0.3 is 11.9 Å². The molecule has 7 amide bonds. The van der Waals surface area contributed by atoms with Crippen LogP contribution in [0.2, 0.25) is 0 Å². The number of nitrogens with two attached hydrogens (primary N) is 1. The second kappa shape index (κ2) is 26.5. The van der Waals surface area contributed by atoms with Crippen LogP contribution < -0.4 is 43.0 Å². The van der Waals surface area contributed by atoms with Crippen molar-refractivity contribution in [3.8, 4) is 11.5 Å². The predicted octanol–water partition coefficient (Wildman–Crippen LogP) is -4.21. The first kappa shape index (κ1) is 54.7. The van der Waals surface area contributed by atoms with E-state index >= 15 is 0 Å². The second-order valence-corrected chi connectivity index (χ2v) is 15.6. The molecule has 3 aromatic carbocycles. The summed E-state index contributed by atoms with van der Waals surface area (Å²) >= 11 is 0. The van der Waals surface area contributed by atoms with Gasteiger partial charge in [0.15, 0.2) is 6.04 Å². The van der Waals surface area contributed by atoms with Gasteiger partial charge < -0.3 is 78.7 Å². The molecule has 0 aliphatic carbocycles. The van der Waals surface area contributed by atoms with Gasteiger partial charge in [-0.05, 0) is 54.8 Å². The molecular formula is C44H56N8O16. The van der Waals surface area contributed by atoms with Crippen molar-refractivity contribution >= 4 is 53.3 Å². The molecule has 0 radical (unpaired) electrons. The van der Waals surface area contributed by atoms with Gasteiger partial charge in [-0.25, -0.2) is 4.79 Å². The third-order valence-corrected chi connectivity index (χ3v) is 10.1. The Hall–Kier alpha value is -7.67. The molecule has 3 rings (SSSR count). The summed E-state index contributed by atoms with van der Waals surface area (Å²) in [5.41, 5.74) is 6.69. The van der Waals surface area contributed by atoms with E-state index in [2.05, 4.69) is 37.2 Å². The van der Waals surface area contributed by atoms with Crippen molar-refractivity contribution in [3.63, 3.8) is 0 Å². The standard InChI is InChI=1S/C44H56N8O16/c1-22(54)36(43(66)49-32(19-35(59)60)39(62)47-31(18-26-10-14-28(57)15-11-26)41(64)52-37(23(2)55)44(67)68)51-40(63)30(16-24-6-4-3-5-7-24)48-42(65)33(21-53)50-38(61)29(46-34(58)20-45)17-25-8-12-27(56)13-9-25/h3-15,22-23,29-33,36-37,53-57H,16-21,45H2,1-2H3,(H,46,58)(H,47,62)(H,48,65)(H,49,66)(H,50,61)(H,51,63)(H,52,64)(H,59,60)(H,67,68)/t22-,23-,29+,30+,31+,32+,33+,36+,37+/m1/s1. The highest BCUT2D eigenvalue weighted by Crippen LogP contribution is 2.14. The summed E-state index contributed by atoms with van der Waals surface area (Å²) in [4.78, 5) is 118. The molecule has 0 fully saturated rings. The molecule has 0 saturated heterocycles. The molecule has 368 valence electrons. The Kier molecular flexibility index (Phi) is 21.3. The van der Waals surface area contributed by atoms with Crippen LogP contribution in [0.5, 0.6) is 11.5 Å². The van der Waals surface area contributed by atoms with E-state index in [-0.39, 0.29) is 30.8 Å². The van der Waals surface area contributed by atoms with E-state index < -0.39 is 127 Å². The number of benzene rings is 3. The largest absolute Gasteiger partial charge is 0.508 e. The maximum atomic E-state index is 14.0. The van der Waals surface area contributed by atoms with Crippen molar-refractivity contribution in [1.82, 2.24) is 37.2 Å². The lowest BCUT2D eigenvalue weighted by Gasteiger charge is -2.28. The van der Waals surface area contributed by atoms with E-state index in [0.717, 1.165) is 13.8 Å². The fraction of sp³-hybridized carbons (Fsp3) is 0.386. The van der Waals surface area contributed by atoms with Gasteiger partial charge in [0.05, 0.1) is 31.8 Å². The third kappa shape index (κ3) is 17.6. The number of aliphatic carboxylic acids is 2. The Morgan fingerprint density at radius 1 is 0.485 bits per heavy atom. The van der Waals surface area contributed by atoms with E-state index in [1.54, 1.807) is 30.3 Å². The Morgan fingerprint density at radius 3 is 1.26 bits per heavy atom. The Bertz CT molecular complexity index is 2230. The number of phenolic OH excluding ortho intramolecular Hbond substituents is 2. The minimum Gasteiger partial charge on any atom is -0.508 e. The number of carbonyl (C=O) groups is 9. The van der Waals surface area contributed by atoms with Crippen molar-refractivity contribution in [2.45, 2.75) is 94.0 Å². The summed E-state index contributed by atoms with van der Waals surface area (Å²) < 4.78 is 0. The molecule has 0 heterocycles. The van der Waals surface area contributed by atoms with Crippen LogP contribution >= 0.6 is 0 Å². The molecule has 0 aromatic heterocycles. The van der Waals surface area contributed by atoms with Gasteiger partial charge in [0.1, 0.15) is 47.8 Å². The molecule has 0 spiro atoms. The first-order valence-electron chi connectivity index (χ1n) is 20.9. The Morgan fingerprint density at radius 2 is 0.853 bits per heavy atom. The monoisotopic (exact) mass is 952 g/mol. The highest BCUT2D eigenvalue weighted by molar-refractivity contribution is 5.98. The molecule has 24 heteroatoms. The summed E-state index contributed by atoms with van der Waals surface area (Å²) in [5, 5.41) is 85.3. The van der Waals surface area contributed by atoms with E-state index in [0.29, 0.717) is 16.7 Å². The van der Waals surface area contributed by atoms with Crippen LogP contribution in [0, 0.1) is 0 Å². The molecule has 68 heavy (non-hydrogen) atoms. The summed E-state index contributed by atoms with van der Waals surface area (Å²) in [7, 11) is 0. The highest BCUT2D eigenvalue weighted by atomic mass is 16.4. The number of carboxylic acids is 2. The number of amides is 7. The van der Waals surface area contributed by atoms with Crippen LogP contribution in [0.1, 0.15) is 37.0 Å². The van der Waals surface area contributed by atoms with E-state index in [1.165, 1.54) is 48.5 Å². The minimum absolute atomic E-state index is 0.0672. The average Bonchev–Trinajstić information content (AvgIpc) is 3.28. The number of nitrogens with one attached hydrogen (secondary N) is 7. The van der Waals surface area contributed by atoms with Gasteiger partial charge in [-0.2, -0.15) is 0 Å². The molecule has 0 bridgehead atoms. The number of carbonyl (C=O) groups excluding carboxylic acids is 7. The van der Waals surface area contributed by atoms with E-state index in [1.807, 2.05) is 0 Å². The molecule has 24 nitrogen and oxygen atoms in total. The highest BCUT2D eigenvalue weighted by Gasteiger charge is 2.37. The van der Waals surface area contributed by atoms with E-state index in [4.69, 9.17) is 5.73 Å². The summed E-state index contributed by atoms with van der Waals surface area (Å²) in [6.45, 7) is 0.633. The summed E-state index contributed by atoms with van der Waals surface area (Å²) in [5.74, 6) is -11.2. The lowest BCUT2D eigenvalue weighted by molar-refractivity contribution is -0.145. The van der Waals surface area contributed by atoms with Crippen LogP contribution in [-0.2, 0) is 62.4 Å². The van der Waals surface area contributed by atoms with Crippen molar-refractivity contribution in [2.24, 2.45) is 5.73 Å². The Balaban J connectivity index is 1.87. The van der Waals surface area contributed by atoms with Crippen molar-refractivity contribution in [2.75, 3.05) is 13.2 Å². The van der Waals surface area contributed by atoms with Gasteiger partial charge in [0.2, 0.25) is 41.4 Å². The van der Waals surface area contributed by atoms with Crippen molar-refractivity contribution in [3.05, 3.63) is 95.6 Å². The number of hydrogen-bond acceptors (Lipinski definition) is 15. The van der Waals surface area contributed by atoms with Crippen LogP contribution in [0.3, 0.4) is 0 Å². The fourth-order valence-electron chi connectivity index (χ4n) is 6.42. The van der Waals surface area contributed by atoms with E-state index in [9.17, 15) is 78.9 Å². The first-order valence-corrected chi connectivity index (χ1v) is 20.9. The lowest BCUT2D eigenvalue weighted by Crippen LogP contribution is -2.62. The smallest absolute Gasteiger partial charge is 0.328 e. The zero-order chi connectivity index (χ0) is 50.7.